The van der Waals surface area contributed by atoms with Crippen molar-refractivity contribution in [2.24, 2.45) is 0 Å². The van der Waals surface area contributed by atoms with E-state index in [1.807, 2.05) is 54.6 Å². The molecule has 3 aromatic carbocycles. The van der Waals surface area contributed by atoms with Crippen LogP contribution < -0.4 is 25.4 Å². The summed E-state index contributed by atoms with van der Waals surface area (Å²) in [7, 11) is 3.27. The van der Waals surface area contributed by atoms with E-state index in [9.17, 15) is 19.2 Å². The van der Waals surface area contributed by atoms with Gasteiger partial charge in [-0.25, -0.2) is 0 Å². The van der Waals surface area contributed by atoms with Crippen molar-refractivity contribution in [2.45, 2.75) is 44.2 Å². The van der Waals surface area contributed by atoms with Crippen LogP contribution >= 0.6 is 0 Å². The Labute approximate surface area is 258 Å². The van der Waals surface area contributed by atoms with Gasteiger partial charge in [0.1, 0.15) is 30.2 Å². The molecule has 3 aromatic rings. The number of nitrogens with one attached hydrogen (secondary N) is 3. The van der Waals surface area contributed by atoms with E-state index < -0.39 is 23.9 Å². The number of ether oxygens (including phenoxy) is 2. The molecule has 0 spiro atoms. The zero-order valence-corrected chi connectivity index (χ0v) is 25.2. The molecule has 1 aliphatic heterocycles. The van der Waals surface area contributed by atoms with Gasteiger partial charge in [0, 0.05) is 26.4 Å². The van der Waals surface area contributed by atoms with Crippen molar-refractivity contribution in [3.63, 3.8) is 0 Å². The third kappa shape index (κ3) is 9.32. The molecule has 3 N–H and O–H groups in total. The van der Waals surface area contributed by atoms with Crippen LogP contribution in [0, 0.1) is 0 Å². The van der Waals surface area contributed by atoms with E-state index in [1.165, 1.54) is 4.90 Å². The van der Waals surface area contributed by atoms with Crippen molar-refractivity contribution < 1.29 is 28.7 Å². The molecule has 0 fully saturated rings. The van der Waals surface area contributed by atoms with Crippen LogP contribution in [0.3, 0.4) is 0 Å². The fourth-order valence-electron chi connectivity index (χ4n) is 5.00. The summed E-state index contributed by atoms with van der Waals surface area (Å²) in [6.45, 7) is 0.765. The molecular weight excluding hydrogens is 560 g/mol. The number of para-hydroxylation sites is 1. The maximum Gasteiger partial charge on any atom is 0.255 e. The number of hydrogen-bond acceptors (Lipinski definition) is 6. The van der Waals surface area contributed by atoms with Crippen molar-refractivity contribution in [2.75, 3.05) is 33.9 Å². The second-order valence-corrected chi connectivity index (χ2v) is 10.7. The van der Waals surface area contributed by atoms with Gasteiger partial charge in [-0.15, -0.1) is 0 Å². The highest BCUT2D eigenvalue weighted by Gasteiger charge is 2.28. The zero-order valence-electron chi connectivity index (χ0n) is 25.2. The minimum absolute atomic E-state index is 0.0460. The topological polar surface area (TPSA) is 126 Å². The number of carbonyl (C=O) groups is 4. The van der Waals surface area contributed by atoms with Crippen LogP contribution in [-0.2, 0) is 27.2 Å². The van der Waals surface area contributed by atoms with E-state index in [2.05, 4.69) is 16.0 Å². The molecule has 0 aliphatic carbocycles. The van der Waals surface area contributed by atoms with Gasteiger partial charge in [0.2, 0.25) is 17.7 Å². The normalized spacial score (nSPS) is 18.0. The average Bonchev–Trinajstić information content (AvgIpc) is 3.04. The lowest BCUT2D eigenvalue weighted by molar-refractivity contribution is -0.135. The summed E-state index contributed by atoms with van der Waals surface area (Å²) in [5.41, 5.74) is 2.25. The number of likely N-dealkylation sites (N-methyl/N-ethyl adjacent to an activating group) is 1. The lowest BCUT2D eigenvalue weighted by atomic mass is 10.0. The van der Waals surface area contributed by atoms with E-state index in [-0.39, 0.29) is 43.4 Å². The summed E-state index contributed by atoms with van der Waals surface area (Å²) in [5.74, 6) is -0.410. The van der Waals surface area contributed by atoms with Crippen LogP contribution in [0.2, 0.25) is 0 Å². The first-order valence-electron chi connectivity index (χ1n) is 14.9. The minimum atomic E-state index is -0.978. The van der Waals surface area contributed by atoms with Crippen LogP contribution in [0.5, 0.6) is 11.5 Å². The number of fused-ring (bicyclic) bond motifs is 1. The molecule has 1 heterocycles. The maximum absolute atomic E-state index is 13.4. The van der Waals surface area contributed by atoms with Gasteiger partial charge in [-0.05, 0) is 54.7 Å². The van der Waals surface area contributed by atoms with Gasteiger partial charge in [-0.2, -0.15) is 0 Å². The summed E-state index contributed by atoms with van der Waals surface area (Å²) in [5, 5.41) is 8.56. The third-order valence-corrected chi connectivity index (χ3v) is 7.47. The average molecular weight is 601 g/mol. The standard InChI is InChI=1S/C34H40N4O6/c1-38-20-21-44-30-16-7-6-15-27(30)32(40)37-28(33(41)35-19-9-13-24-12-8-14-26(22-24)43-2)17-18-31(39)36-29(34(38)42)23-25-10-4-3-5-11-25/h3-8,10-12,14-16,22,28-29H,9,13,17-21,23H2,1-2H3,(H,35,41)(H,36,39)(H,37,40)/t28-,29-/m0/s1. The fourth-order valence-corrected chi connectivity index (χ4v) is 5.00. The summed E-state index contributed by atoms with van der Waals surface area (Å²) in [6.07, 6.45) is 1.70. The molecule has 0 saturated heterocycles. The second kappa shape index (κ2) is 16.1. The number of carbonyl (C=O) groups excluding carboxylic acids is 4. The summed E-state index contributed by atoms with van der Waals surface area (Å²) < 4.78 is 11.2. The Morgan fingerprint density at radius 2 is 1.73 bits per heavy atom. The van der Waals surface area contributed by atoms with Crippen molar-refractivity contribution >= 4 is 23.6 Å². The first kappa shape index (κ1) is 32.1. The molecule has 2 atom stereocenters. The minimum Gasteiger partial charge on any atom is -0.497 e. The summed E-state index contributed by atoms with van der Waals surface area (Å²) in [6, 6.07) is 22.2. The highest BCUT2D eigenvalue weighted by Crippen LogP contribution is 2.19. The Bertz CT molecular complexity index is 1430. The van der Waals surface area contributed by atoms with Gasteiger partial charge in [-0.3, -0.25) is 19.2 Å². The first-order chi connectivity index (χ1) is 21.3. The number of benzene rings is 3. The van der Waals surface area contributed by atoms with Crippen molar-refractivity contribution in [1.82, 2.24) is 20.9 Å². The van der Waals surface area contributed by atoms with Crippen molar-refractivity contribution in [1.29, 1.82) is 0 Å². The Morgan fingerprint density at radius 1 is 0.977 bits per heavy atom. The summed E-state index contributed by atoms with van der Waals surface area (Å²) >= 11 is 0. The highest BCUT2D eigenvalue weighted by atomic mass is 16.5. The molecule has 0 saturated carbocycles. The van der Waals surface area contributed by atoms with Crippen molar-refractivity contribution in [3.8, 4) is 11.5 Å². The van der Waals surface area contributed by atoms with Gasteiger partial charge < -0.3 is 30.3 Å². The number of methoxy groups -OCH3 is 1. The SMILES string of the molecule is COc1cccc(CCCNC(=O)[C@@H]2CCC(=O)N[C@@H](Cc3ccccc3)C(=O)N(C)CCOc3ccccc3C(=O)N2)c1. The summed E-state index contributed by atoms with van der Waals surface area (Å²) in [4.78, 5) is 54.7. The van der Waals surface area contributed by atoms with E-state index in [0.717, 1.165) is 23.3 Å². The Kier molecular flexibility index (Phi) is 11.7. The van der Waals surface area contributed by atoms with E-state index in [0.29, 0.717) is 25.1 Å². The molecule has 4 rings (SSSR count). The number of nitrogens with zero attached hydrogens (tertiary/aromatic N) is 1. The quantitative estimate of drug-likeness (QED) is 0.342. The van der Waals surface area contributed by atoms with Crippen LogP contribution in [0.4, 0.5) is 0 Å². The molecule has 1 aliphatic rings. The Morgan fingerprint density at radius 3 is 2.52 bits per heavy atom. The molecule has 10 heteroatoms. The molecule has 0 radical (unpaired) electrons. The van der Waals surface area contributed by atoms with Gasteiger partial charge in [0.15, 0.2) is 0 Å². The number of rotatable bonds is 8. The van der Waals surface area contributed by atoms with E-state index >= 15 is 0 Å². The number of amides is 4. The zero-order chi connectivity index (χ0) is 31.3. The molecular formula is C34H40N4O6. The first-order valence-corrected chi connectivity index (χ1v) is 14.9. The highest BCUT2D eigenvalue weighted by molar-refractivity contribution is 5.99. The molecule has 44 heavy (non-hydrogen) atoms. The third-order valence-electron chi connectivity index (χ3n) is 7.47. The largest absolute Gasteiger partial charge is 0.497 e. The predicted octanol–water partition coefficient (Wildman–Crippen LogP) is 2.90. The Balaban J connectivity index is 1.48. The monoisotopic (exact) mass is 600 g/mol. The van der Waals surface area contributed by atoms with Gasteiger partial charge in [-0.1, -0.05) is 54.6 Å². The molecule has 0 aromatic heterocycles. The van der Waals surface area contributed by atoms with E-state index in [4.69, 9.17) is 9.47 Å². The molecule has 10 nitrogen and oxygen atoms in total. The van der Waals surface area contributed by atoms with Crippen molar-refractivity contribution in [3.05, 3.63) is 95.6 Å². The van der Waals surface area contributed by atoms with Crippen LogP contribution in [0.25, 0.3) is 0 Å². The lowest BCUT2D eigenvalue weighted by Crippen LogP contribution is -2.50. The molecule has 232 valence electrons. The van der Waals surface area contributed by atoms with E-state index in [1.54, 1.807) is 38.4 Å². The molecule has 4 amide bonds. The lowest BCUT2D eigenvalue weighted by Gasteiger charge is -2.25. The fraction of sp³-hybridized carbons (Fsp3) is 0.353. The Hall–Kier alpha value is -4.86. The van der Waals surface area contributed by atoms with Crippen LogP contribution in [0.15, 0.2) is 78.9 Å². The van der Waals surface area contributed by atoms with Gasteiger partial charge >= 0.3 is 0 Å². The molecule has 0 unspecified atom stereocenters. The van der Waals surface area contributed by atoms with Crippen LogP contribution in [0.1, 0.15) is 40.7 Å². The van der Waals surface area contributed by atoms with Gasteiger partial charge in [0.25, 0.3) is 5.91 Å². The maximum atomic E-state index is 13.4. The molecule has 0 bridgehead atoms. The van der Waals surface area contributed by atoms with Crippen LogP contribution in [-0.4, -0.2) is 74.5 Å². The second-order valence-electron chi connectivity index (χ2n) is 10.7. The predicted molar refractivity (Wildman–Crippen MR) is 166 cm³/mol. The number of hydrogen-bond donors (Lipinski definition) is 3. The number of aryl methyl sites for hydroxylation is 1. The smallest absolute Gasteiger partial charge is 0.255 e. The van der Waals surface area contributed by atoms with Gasteiger partial charge in [0.05, 0.1) is 19.2 Å².